The van der Waals surface area contributed by atoms with Crippen LogP contribution in [0.3, 0.4) is 0 Å². The lowest BCUT2D eigenvalue weighted by Crippen LogP contribution is -2.40. The topological polar surface area (TPSA) is 316 Å². The van der Waals surface area contributed by atoms with Crippen molar-refractivity contribution in [3.63, 3.8) is 0 Å². The summed E-state index contributed by atoms with van der Waals surface area (Å²) in [6.07, 6.45) is 2.21. The van der Waals surface area contributed by atoms with Gasteiger partial charge in [-0.2, -0.15) is 25.4 Å². The Morgan fingerprint density at radius 1 is 0.514 bits per heavy atom. The second-order valence-corrected chi connectivity index (χ2v) is 22.6. The molecule has 0 atom stereocenters. The number of sulfonamides is 2. The van der Waals surface area contributed by atoms with E-state index in [1.807, 2.05) is 0 Å². The van der Waals surface area contributed by atoms with Crippen molar-refractivity contribution in [2.24, 2.45) is 0 Å². The fourth-order valence-corrected chi connectivity index (χ4v) is 11.8. The van der Waals surface area contributed by atoms with Crippen LogP contribution >= 0.6 is 0 Å². The number of morpholine rings is 2. The molecular weight excluding hydrogens is 1060 g/mol. The normalized spacial score (nSPS) is 15.2. The van der Waals surface area contributed by atoms with Gasteiger partial charge in [0, 0.05) is 62.9 Å². The van der Waals surface area contributed by atoms with Gasteiger partial charge >= 0.3 is 0 Å². The summed E-state index contributed by atoms with van der Waals surface area (Å²) in [5, 5.41) is 4.98. The number of carbonyl (C=O) groups is 2. The molecule has 28 heteroatoms. The van der Waals surface area contributed by atoms with Crippen LogP contribution in [0.5, 0.6) is 11.5 Å². The molecule has 2 aliphatic heterocycles. The first-order valence-electron chi connectivity index (χ1n) is 22.6. The van der Waals surface area contributed by atoms with E-state index < -0.39 is 61.9 Å². The molecule has 2 fully saturated rings. The molecule has 404 valence electrons. The van der Waals surface area contributed by atoms with Gasteiger partial charge in [-0.25, -0.2) is 16.8 Å². The van der Waals surface area contributed by atoms with Gasteiger partial charge in [-0.05, 0) is 71.8 Å². The molecular formula is C46H56N4O20S4. The average Bonchev–Trinajstić information content (AvgIpc) is 3.38. The fourth-order valence-electron chi connectivity index (χ4n) is 7.23. The lowest BCUT2D eigenvalue weighted by atomic mass is 10.1. The van der Waals surface area contributed by atoms with E-state index in [0.29, 0.717) is 13.2 Å². The second kappa shape index (κ2) is 26.4. The van der Waals surface area contributed by atoms with E-state index >= 15 is 0 Å². The molecule has 0 unspecified atom stereocenters. The molecule has 0 radical (unpaired) electrons. The van der Waals surface area contributed by atoms with Crippen molar-refractivity contribution >= 4 is 75.6 Å². The highest BCUT2D eigenvalue weighted by atomic mass is 32.2. The lowest BCUT2D eigenvalue weighted by molar-refractivity contribution is 0.0538. The zero-order valence-electron chi connectivity index (χ0n) is 40.2. The monoisotopic (exact) mass is 1110 g/mol. The molecule has 0 aliphatic carbocycles. The van der Waals surface area contributed by atoms with Gasteiger partial charge in [-0.15, -0.1) is 0 Å². The number of amides is 2. The summed E-state index contributed by atoms with van der Waals surface area (Å²) in [7, 11) is -15.5. The highest BCUT2D eigenvalue weighted by molar-refractivity contribution is 7.89. The van der Waals surface area contributed by atoms with Crippen molar-refractivity contribution in [2.75, 3.05) is 130 Å². The smallest absolute Gasteiger partial charge is 0.295 e. The molecule has 24 nitrogen and oxygen atoms in total. The zero-order chi connectivity index (χ0) is 53.5. The molecule has 0 saturated carbocycles. The molecule has 0 spiro atoms. The Hall–Kier alpha value is -5.44. The minimum atomic E-state index is -5.05. The van der Waals surface area contributed by atoms with Gasteiger partial charge in [0.2, 0.25) is 20.0 Å². The Labute approximate surface area is 429 Å². The van der Waals surface area contributed by atoms with E-state index in [2.05, 4.69) is 10.6 Å². The number of rotatable bonds is 26. The van der Waals surface area contributed by atoms with Gasteiger partial charge in [0.25, 0.3) is 32.1 Å². The largest absolute Gasteiger partial charge is 0.490 e. The number of carbonyl (C=O) groups excluding carboxylic acids is 2. The molecule has 74 heavy (non-hydrogen) atoms. The maximum absolute atomic E-state index is 13.8. The first-order valence-corrected chi connectivity index (χ1v) is 28.4. The van der Waals surface area contributed by atoms with Crippen LogP contribution in [-0.2, 0) is 68.7 Å². The first-order chi connectivity index (χ1) is 35.2. The van der Waals surface area contributed by atoms with Crippen molar-refractivity contribution in [1.82, 2.24) is 8.61 Å². The number of hydrogen-bond acceptors (Lipinski definition) is 18. The van der Waals surface area contributed by atoms with Gasteiger partial charge in [-0.1, -0.05) is 24.3 Å². The van der Waals surface area contributed by atoms with Crippen molar-refractivity contribution in [2.45, 2.75) is 19.6 Å². The Morgan fingerprint density at radius 2 is 0.878 bits per heavy atom. The summed E-state index contributed by atoms with van der Waals surface area (Å²) in [6.45, 7) is 2.17. The quantitative estimate of drug-likeness (QED) is 0.0399. The Morgan fingerprint density at radius 3 is 1.23 bits per heavy atom. The van der Waals surface area contributed by atoms with Crippen LogP contribution in [0.25, 0.3) is 12.2 Å². The molecule has 6 rings (SSSR count). The van der Waals surface area contributed by atoms with Crippen molar-refractivity contribution < 1.29 is 90.3 Å². The predicted octanol–water partition coefficient (Wildman–Crippen LogP) is 2.98. The summed E-state index contributed by atoms with van der Waals surface area (Å²) in [5.41, 5.74) is -1.03. The number of ether oxygens (including phenoxy) is 8. The third kappa shape index (κ3) is 15.6. The van der Waals surface area contributed by atoms with E-state index in [-0.39, 0.29) is 147 Å². The second-order valence-electron chi connectivity index (χ2n) is 16.0. The summed E-state index contributed by atoms with van der Waals surface area (Å²) in [5.74, 6) is -1.84. The van der Waals surface area contributed by atoms with E-state index in [9.17, 15) is 52.4 Å². The molecule has 4 aromatic carbocycles. The molecule has 0 bridgehead atoms. The lowest BCUT2D eigenvalue weighted by Gasteiger charge is -2.27. The van der Waals surface area contributed by atoms with Crippen LogP contribution in [0, 0.1) is 0 Å². The standard InChI is InChI=1S/C46H56N4O20S4/c1-63-21-23-67-25-27-69-39-11-7-35(29-43(39)71(53,54)49-13-17-65-18-14-49)45(51)47-37-9-5-33(41(31-37)73(57,58)59)3-4-34-6-10-38(32-42(34)74(60,61)62)48-46(52)36-8-12-40(70-28-26-68-24-22-64-2)44(30-36)72(55,56)50-15-19-66-20-16-50/h3-12,29-32H,13-28H2,1-2H3,(H,47,51)(H,48,52)(H,57,58,59)(H,60,61,62). The number of methoxy groups -OCH3 is 2. The molecule has 0 aromatic heterocycles. The molecule has 2 amide bonds. The minimum absolute atomic E-state index is 0.0315. The first kappa shape index (κ1) is 57.8. The van der Waals surface area contributed by atoms with Gasteiger partial charge in [-0.3, -0.25) is 18.7 Å². The maximum atomic E-state index is 13.8. The zero-order valence-corrected chi connectivity index (χ0v) is 43.4. The Kier molecular flexibility index (Phi) is 20.6. The number of nitrogens with zero attached hydrogens (tertiary/aromatic N) is 2. The van der Waals surface area contributed by atoms with Gasteiger partial charge in [0.1, 0.15) is 44.3 Å². The van der Waals surface area contributed by atoms with Crippen molar-refractivity contribution in [3.8, 4) is 11.5 Å². The van der Waals surface area contributed by atoms with Crippen LogP contribution < -0.4 is 20.1 Å². The van der Waals surface area contributed by atoms with E-state index in [0.717, 1.165) is 36.4 Å². The van der Waals surface area contributed by atoms with E-state index in [1.165, 1.54) is 71.4 Å². The van der Waals surface area contributed by atoms with Crippen LogP contribution in [0.4, 0.5) is 11.4 Å². The molecule has 2 heterocycles. The van der Waals surface area contributed by atoms with Crippen LogP contribution in [0.2, 0.25) is 0 Å². The highest BCUT2D eigenvalue weighted by Gasteiger charge is 2.32. The van der Waals surface area contributed by atoms with E-state index in [4.69, 9.17) is 37.9 Å². The SMILES string of the molecule is COCCOCCOc1ccc(C(=O)Nc2ccc(C=Cc3ccc(NC(=O)c4ccc(OCCOCCOC)c(S(=O)(=O)N5CCOCC5)c4)cc3S(=O)(=O)O)c(S(=O)(=O)O)c2)cc1S(=O)(=O)N1CCOCC1. The van der Waals surface area contributed by atoms with Crippen LogP contribution in [-0.4, -0.2) is 183 Å². The van der Waals surface area contributed by atoms with Gasteiger partial charge in [0.15, 0.2) is 0 Å². The Balaban J connectivity index is 1.22. The maximum Gasteiger partial charge on any atom is 0.295 e. The van der Waals surface area contributed by atoms with Crippen LogP contribution in [0.15, 0.2) is 92.4 Å². The number of hydrogen-bond donors (Lipinski definition) is 4. The van der Waals surface area contributed by atoms with E-state index in [1.54, 1.807) is 0 Å². The third-order valence-corrected chi connectivity index (χ3v) is 16.6. The van der Waals surface area contributed by atoms with Crippen LogP contribution in [0.1, 0.15) is 31.8 Å². The van der Waals surface area contributed by atoms with Crippen molar-refractivity contribution in [3.05, 3.63) is 95.1 Å². The summed E-state index contributed by atoms with van der Waals surface area (Å²) >= 11 is 0. The Bertz CT molecular complexity index is 2900. The predicted molar refractivity (Wildman–Crippen MR) is 266 cm³/mol. The third-order valence-electron chi connectivity index (χ3n) is 11.0. The molecule has 2 saturated heterocycles. The van der Waals surface area contributed by atoms with Gasteiger partial charge < -0.3 is 48.5 Å². The van der Waals surface area contributed by atoms with Gasteiger partial charge in [0.05, 0.1) is 66.1 Å². The fraction of sp³-hybridized carbons (Fsp3) is 0.391. The van der Waals surface area contributed by atoms with Crippen molar-refractivity contribution in [1.29, 1.82) is 0 Å². The summed E-state index contributed by atoms with van der Waals surface area (Å²) in [6, 6.07) is 14.1. The molecule has 4 N–H and O–H groups in total. The average molecular weight is 1110 g/mol. The summed E-state index contributed by atoms with van der Waals surface area (Å²) in [4.78, 5) is 25.1. The highest BCUT2D eigenvalue weighted by Crippen LogP contribution is 2.32. The number of nitrogens with one attached hydrogen (secondary N) is 2. The minimum Gasteiger partial charge on any atom is -0.490 e. The molecule has 4 aromatic rings. The number of benzene rings is 4. The summed E-state index contributed by atoms with van der Waals surface area (Å²) < 4.78 is 172. The number of anilines is 2. The molecule has 2 aliphatic rings.